The van der Waals surface area contributed by atoms with Crippen LogP contribution in [0.3, 0.4) is 0 Å². The molecule has 1 aliphatic rings. The van der Waals surface area contributed by atoms with Crippen LogP contribution in [0.15, 0.2) is 34.1 Å². The molecule has 1 amide bonds. The first-order valence-corrected chi connectivity index (χ1v) is 8.58. The molecule has 2 nitrogen and oxygen atoms in total. The van der Waals surface area contributed by atoms with E-state index in [0.717, 1.165) is 17.7 Å². The van der Waals surface area contributed by atoms with Crippen LogP contribution in [0.1, 0.15) is 39.5 Å². The van der Waals surface area contributed by atoms with Crippen molar-refractivity contribution in [1.82, 2.24) is 5.32 Å². The van der Waals surface area contributed by atoms with Crippen molar-refractivity contribution in [2.45, 2.75) is 60.6 Å². The smallest absolute Gasteiger partial charge is 0.284 e. The molecule has 0 radical (unpaired) electrons. The first-order valence-electron chi connectivity index (χ1n) is 6.88. The average Bonchev–Trinajstić information content (AvgIpc) is 2.83. The number of hydrogen-bond acceptors (Lipinski definition) is 3. The van der Waals surface area contributed by atoms with Crippen molar-refractivity contribution >= 4 is 28.8 Å². The van der Waals surface area contributed by atoms with Gasteiger partial charge in [0.2, 0.25) is 0 Å². The van der Waals surface area contributed by atoms with Gasteiger partial charge in [0.25, 0.3) is 5.24 Å². The lowest BCUT2D eigenvalue weighted by atomic mass is 10.3. The van der Waals surface area contributed by atoms with Crippen molar-refractivity contribution in [3.8, 4) is 0 Å². The molecule has 1 aromatic rings. The number of carbonyl (C=O) groups is 1. The van der Waals surface area contributed by atoms with Crippen LogP contribution in [0.2, 0.25) is 0 Å². The van der Waals surface area contributed by atoms with Gasteiger partial charge < -0.3 is 5.32 Å². The Morgan fingerprint density at radius 1 is 1.16 bits per heavy atom. The van der Waals surface area contributed by atoms with E-state index in [1.165, 1.54) is 29.5 Å². The van der Waals surface area contributed by atoms with Crippen LogP contribution in [0.25, 0.3) is 0 Å². The summed E-state index contributed by atoms with van der Waals surface area (Å²) in [6.07, 6.45) is 4.76. The molecule has 104 valence electrons. The predicted molar refractivity (Wildman–Crippen MR) is 84.1 cm³/mol. The molecule has 0 aliphatic heterocycles. The Bertz CT molecular complexity index is 411. The Kier molecular flexibility index (Phi) is 5.64. The van der Waals surface area contributed by atoms with Crippen LogP contribution < -0.4 is 5.32 Å². The highest BCUT2D eigenvalue weighted by Crippen LogP contribution is 2.27. The van der Waals surface area contributed by atoms with Crippen LogP contribution >= 0.6 is 23.5 Å². The van der Waals surface area contributed by atoms with E-state index in [4.69, 9.17) is 0 Å². The molecule has 1 N–H and O–H groups in total. The van der Waals surface area contributed by atoms with Gasteiger partial charge in [-0.2, -0.15) is 0 Å². The monoisotopic (exact) mass is 295 g/mol. The number of thioether (sulfide) groups is 2. The summed E-state index contributed by atoms with van der Waals surface area (Å²) in [4.78, 5) is 14.2. The van der Waals surface area contributed by atoms with Crippen LogP contribution in [0.5, 0.6) is 0 Å². The largest absolute Gasteiger partial charge is 0.344 e. The van der Waals surface area contributed by atoms with Gasteiger partial charge in [-0.3, -0.25) is 4.79 Å². The molecule has 0 saturated heterocycles. The molecule has 0 spiro atoms. The molecule has 1 fully saturated rings. The summed E-state index contributed by atoms with van der Waals surface area (Å²) in [7, 11) is 0. The highest BCUT2D eigenvalue weighted by molar-refractivity contribution is 8.13. The summed E-state index contributed by atoms with van der Waals surface area (Å²) in [6, 6.07) is 8.65. The zero-order valence-corrected chi connectivity index (χ0v) is 13.2. The molecule has 0 atom stereocenters. The maximum Gasteiger partial charge on any atom is 0.284 e. The molecule has 0 aromatic heterocycles. The van der Waals surface area contributed by atoms with Crippen LogP contribution in [-0.2, 0) is 0 Å². The maximum absolute atomic E-state index is 11.9. The molecule has 19 heavy (non-hydrogen) atoms. The Labute approximate surface area is 124 Å². The van der Waals surface area contributed by atoms with E-state index in [9.17, 15) is 4.79 Å². The van der Waals surface area contributed by atoms with Gasteiger partial charge in [0, 0.05) is 21.1 Å². The summed E-state index contributed by atoms with van der Waals surface area (Å²) >= 11 is 3.14. The third-order valence-electron chi connectivity index (χ3n) is 3.08. The number of benzene rings is 1. The predicted octanol–water partition coefficient (Wildman–Crippen LogP) is 4.93. The molecule has 0 bridgehead atoms. The second-order valence-electron chi connectivity index (χ2n) is 5.15. The van der Waals surface area contributed by atoms with Gasteiger partial charge >= 0.3 is 0 Å². The Morgan fingerprint density at radius 3 is 2.32 bits per heavy atom. The van der Waals surface area contributed by atoms with Gasteiger partial charge in [0.15, 0.2) is 0 Å². The first kappa shape index (κ1) is 14.8. The van der Waals surface area contributed by atoms with Crippen molar-refractivity contribution in [2.75, 3.05) is 0 Å². The fraction of sp³-hybridized carbons (Fsp3) is 0.533. The normalized spacial score (nSPS) is 15.9. The minimum atomic E-state index is 0.0798. The van der Waals surface area contributed by atoms with Crippen molar-refractivity contribution in [1.29, 1.82) is 0 Å². The molecule has 1 saturated carbocycles. The van der Waals surface area contributed by atoms with Gasteiger partial charge in [0.05, 0.1) is 0 Å². The number of carbonyl (C=O) groups excluding carboxylic acids is 1. The summed E-state index contributed by atoms with van der Waals surface area (Å²) in [6.45, 7) is 4.37. The van der Waals surface area contributed by atoms with E-state index in [2.05, 4.69) is 31.3 Å². The molecule has 4 heteroatoms. The van der Waals surface area contributed by atoms with Crippen molar-refractivity contribution in [3.63, 3.8) is 0 Å². The summed E-state index contributed by atoms with van der Waals surface area (Å²) < 4.78 is 0. The summed E-state index contributed by atoms with van der Waals surface area (Å²) in [5, 5.41) is 3.76. The molecular formula is C15H21NOS2. The molecule has 0 unspecified atom stereocenters. The quantitative estimate of drug-likeness (QED) is 0.798. The van der Waals surface area contributed by atoms with Gasteiger partial charge in [-0.15, -0.1) is 11.8 Å². The lowest BCUT2D eigenvalue weighted by Gasteiger charge is -2.11. The summed E-state index contributed by atoms with van der Waals surface area (Å²) in [5.41, 5.74) is 0. The van der Waals surface area contributed by atoms with Crippen molar-refractivity contribution < 1.29 is 4.79 Å². The average molecular weight is 295 g/mol. The van der Waals surface area contributed by atoms with Gasteiger partial charge in [-0.1, -0.05) is 26.7 Å². The second kappa shape index (κ2) is 7.25. The third-order valence-corrected chi connectivity index (χ3v) is 4.91. The second-order valence-corrected chi connectivity index (χ2v) is 7.85. The number of rotatable bonds is 4. The Balaban J connectivity index is 1.82. The van der Waals surface area contributed by atoms with Crippen molar-refractivity contribution in [3.05, 3.63) is 24.3 Å². The van der Waals surface area contributed by atoms with E-state index in [1.54, 1.807) is 0 Å². The van der Waals surface area contributed by atoms with Gasteiger partial charge in [-0.25, -0.2) is 0 Å². The Hall–Kier alpha value is -0.610. The topological polar surface area (TPSA) is 29.1 Å². The number of hydrogen-bond donors (Lipinski definition) is 1. The molecule has 2 rings (SSSR count). The zero-order chi connectivity index (χ0) is 13.7. The van der Waals surface area contributed by atoms with E-state index < -0.39 is 0 Å². The highest BCUT2D eigenvalue weighted by atomic mass is 32.2. The molecular weight excluding hydrogens is 274 g/mol. The van der Waals surface area contributed by atoms with Crippen LogP contribution in [0.4, 0.5) is 4.79 Å². The number of nitrogens with one attached hydrogen (secondary N) is 1. The van der Waals surface area contributed by atoms with Gasteiger partial charge in [-0.05, 0) is 48.9 Å². The first-order chi connectivity index (χ1) is 9.13. The van der Waals surface area contributed by atoms with E-state index >= 15 is 0 Å². The highest BCUT2D eigenvalue weighted by Gasteiger charge is 2.17. The fourth-order valence-electron chi connectivity index (χ4n) is 2.23. The van der Waals surface area contributed by atoms with Crippen molar-refractivity contribution in [2.24, 2.45) is 0 Å². The SMILES string of the molecule is CC(C)Sc1ccc(SC(=O)NC2CCCC2)cc1. The molecule has 1 aromatic carbocycles. The molecule has 0 heterocycles. The van der Waals surface area contributed by atoms with Crippen LogP contribution in [0, 0.1) is 0 Å². The third kappa shape index (κ3) is 5.11. The van der Waals surface area contributed by atoms with Gasteiger partial charge in [0.1, 0.15) is 0 Å². The van der Waals surface area contributed by atoms with E-state index in [1.807, 2.05) is 23.9 Å². The fourth-order valence-corrected chi connectivity index (χ4v) is 3.78. The lowest BCUT2D eigenvalue weighted by molar-refractivity contribution is 0.257. The summed E-state index contributed by atoms with van der Waals surface area (Å²) in [5.74, 6) is 0. The van der Waals surface area contributed by atoms with E-state index in [-0.39, 0.29) is 5.24 Å². The zero-order valence-electron chi connectivity index (χ0n) is 11.5. The Morgan fingerprint density at radius 2 is 1.74 bits per heavy atom. The molecule has 1 aliphatic carbocycles. The van der Waals surface area contributed by atoms with Crippen LogP contribution in [-0.4, -0.2) is 16.5 Å². The lowest BCUT2D eigenvalue weighted by Crippen LogP contribution is -2.29. The van der Waals surface area contributed by atoms with E-state index in [0.29, 0.717) is 11.3 Å². The standard InChI is InChI=1S/C15H21NOS2/c1-11(2)18-13-7-9-14(10-8-13)19-15(17)16-12-5-3-4-6-12/h7-12H,3-6H2,1-2H3,(H,16,17). The minimum Gasteiger partial charge on any atom is -0.344 e. The minimum absolute atomic E-state index is 0.0798. The maximum atomic E-state index is 11.9. The number of amides is 1.